The zero-order valence-corrected chi connectivity index (χ0v) is 9.39. The van der Waals surface area contributed by atoms with Gasteiger partial charge in [-0.1, -0.05) is 0 Å². The number of hydrogen-bond donors (Lipinski definition) is 2. The summed E-state index contributed by atoms with van der Waals surface area (Å²) < 4.78 is 1.30. The Labute approximate surface area is 97.4 Å². The van der Waals surface area contributed by atoms with Crippen LogP contribution in [-0.4, -0.2) is 46.0 Å². The van der Waals surface area contributed by atoms with Gasteiger partial charge in [0.1, 0.15) is 5.82 Å². The Morgan fingerprint density at radius 1 is 1.24 bits per heavy atom. The molecule has 0 atom stereocenters. The standard InChI is InChI=1S/C10H14N6O/c17-10-13-12-8-2-3-9(14-16(8)10)15-6-1-4-11-5-7-15/h2-3,11H,1,4-7H2,(H,13,17). The highest BCUT2D eigenvalue weighted by molar-refractivity contribution is 5.45. The Balaban J connectivity index is 1.98. The Morgan fingerprint density at radius 3 is 3.12 bits per heavy atom. The molecule has 1 aliphatic rings. The van der Waals surface area contributed by atoms with Crippen molar-refractivity contribution in [3.8, 4) is 0 Å². The average Bonchev–Trinajstić information content (AvgIpc) is 2.58. The smallest absolute Gasteiger partial charge is 0.354 e. The fourth-order valence-electron chi connectivity index (χ4n) is 2.04. The first kappa shape index (κ1) is 10.3. The SMILES string of the molecule is O=c1[nH]nc2ccc(N3CCCNCC3)nn12. The molecular formula is C10H14N6O. The van der Waals surface area contributed by atoms with E-state index >= 15 is 0 Å². The van der Waals surface area contributed by atoms with E-state index in [2.05, 4.69) is 25.5 Å². The number of fused-ring (bicyclic) bond motifs is 1. The van der Waals surface area contributed by atoms with Crippen molar-refractivity contribution in [3.63, 3.8) is 0 Å². The van der Waals surface area contributed by atoms with Gasteiger partial charge >= 0.3 is 5.69 Å². The zero-order valence-electron chi connectivity index (χ0n) is 9.39. The molecule has 2 aromatic rings. The average molecular weight is 234 g/mol. The quantitative estimate of drug-likeness (QED) is 0.676. The van der Waals surface area contributed by atoms with Crippen molar-refractivity contribution >= 4 is 11.5 Å². The predicted molar refractivity (Wildman–Crippen MR) is 63.3 cm³/mol. The highest BCUT2D eigenvalue weighted by Crippen LogP contribution is 2.11. The lowest BCUT2D eigenvalue weighted by molar-refractivity contribution is 0.724. The normalized spacial score (nSPS) is 17.3. The number of nitrogens with zero attached hydrogens (tertiary/aromatic N) is 4. The van der Waals surface area contributed by atoms with E-state index in [1.54, 1.807) is 6.07 Å². The van der Waals surface area contributed by atoms with Crippen LogP contribution < -0.4 is 15.9 Å². The van der Waals surface area contributed by atoms with Crippen LogP contribution in [0.15, 0.2) is 16.9 Å². The molecule has 3 rings (SSSR count). The monoisotopic (exact) mass is 234 g/mol. The minimum Gasteiger partial charge on any atom is -0.354 e. The number of aromatic nitrogens is 4. The van der Waals surface area contributed by atoms with Gasteiger partial charge in [-0.15, -0.1) is 5.10 Å². The maximum atomic E-state index is 11.4. The van der Waals surface area contributed by atoms with Gasteiger partial charge in [0, 0.05) is 19.6 Å². The molecule has 0 spiro atoms. The highest BCUT2D eigenvalue weighted by Gasteiger charge is 2.12. The summed E-state index contributed by atoms with van der Waals surface area (Å²) in [5.41, 5.74) is 0.251. The summed E-state index contributed by atoms with van der Waals surface area (Å²) in [7, 11) is 0. The minimum atomic E-state index is -0.296. The second kappa shape index (κ2) is 4.17. The van der Waals surface area contributed by atoms with Crippen LogP contribution in [0.3, 0.4) is 0 Å². The zero-order chi connectivity index (χ0) is 11.7. The van der Waals surface area contributed by atoms with Crippen LogP contribution >= 0.6 is 0 Å². The molecular weight excluding hydrogens is 220 g/mol. The molecule has 1 fully saturated rings. The van der Waals surface area contributed by atoms with Crippen LogP contribution in [0.4, 0.5) is 5.82 Å². The molecule has 2 aromatic heterocycles. The molecule has 0 unspecified atom stereocenters. The minimum absolute atomic E-state index is 0.296. The van der Waals surface area contributed by atoms with Crippen molar-refractivity contribution in [3.05, 3.63) is 22.6 Å². The maximum Gasteiger partial charge on any atom is 0.364 e. The Kier molecular flexibility index (Phi) is 2.52. The van der Waals surface area contributed by atoms with E-state index in [4.69, 9.17) is 0 Å². The van der Waals surface area contributed by atoms with E-state index in [9.17, 15) is 4.79 Å². The number of H-pyrrole nitrogens is 1. The van der Waals surface area contributed by atoms with Gasteiger partial charge in [0.2, 0.25) is 0 Å². The predicted octanol–water partition coefficient (Wildman–Crippen LogP) is -0.783. The van der Waals surface area contributed by atoms with Crippen LogP contribution in [-0.2, 0) is 0 Å². The molecule has 3 heterocycles. The van der Waals surface area contributed by atoms with Gasteiger partial charge < -0.3 is 10.2 Å². The molecule has 0 amide bonds. The fourth-order valence-corrected chi connectivity index (χ4v) is 2.04. The van der Waals surface area contributed by atoms with E-state index in [-0.39, 0.29) is 5.69 Å². The van der Waals surface area contributed by atoms with Gasteiger partial charge in [-0.25, -0.2) is 9.89 Å². The molecule has 0 radical (unpaired) electrons. The van der Waals surface area contributed by atoms with Crippen LogP contribution in [0.1, 0.15) is 6.42 Å². The van der Waals surface area contributed by atoms with Gasteiger partial charge in [0.25, 0.3) is 0 Å². The molecule has 90 valence electrons. The van der Waals surface area contributed by atoms with Crippen molar-refractivity contribution in [1.82, 2.24) is 25.1 Å². The van der Waals surface area contributed by atoms with E-state index in [0.717, 1.165) is 38.4 Å². The third kappa shape index (κ3) is 1.89. The Morgan fingerprint density at radius 2 is 2.18 bits per heavy atom. The van der Waals surface area contributed by atoms with E-state index < -0.39 is 0 Å². The van der Waals surface area contributed by atoms with E-state index in [1.165, 1.54) is 4.52 Å². The van der Waals surface area contributed by atoms with Gasteiger partial charge in [-0.05, 0) is 25.1 Å². The summed E-state index contributed by atoms with van der Waals surface area (Å²) in [6.07, 6.45) is 1.08. The molecule has 0 saturated carbocycles. The summed E-state index contributed by atoms with van der Waals surface area (Å²) in [6.45, 7) is 3.84. The molecule has 0 aliphatic carbocycles. The van der Waals surface area contributed by atoms with Gasteiger partial charge in [0.05, 0.1) is 0 Å². The largest absolute Gasteiger partial charge is 0.364 e. The molecule has 17 heavy (non-hydrogen) atoms. The van der Waals surface area contributed by atoms with Crippen molar-refractivity contribution in [2.75, 3.05) is 31.1 Å². The number of anilines is 1. The lowest BCUT2D eigenvalue weighted by Crippen LogP contribution is -2.29. The molecule has 0 aromatic carbocycles. The summed E-state index contributed by atoms with van der Waals surface area (Å²) >= 11 is 0. The lowest BCUT2D eigenvalue weighted by Gasteiger charge is -2.20. The van der Waals surface area contributed by atoms with Crippen molar-refractivity contribution < 1.29 is 0 Å². The Bertz CT molecular complexity index is 565. The van der Waals surface area contributed by atoms with Gasteiger partial charge in [-0.2, -0.15) is 9.61 Å². The first-order chi connectivity index (χ1) is 8.34. The number of rotatable bonds is 1. The number of hydrogen-bond acceptors (Lipinski definition) is 5. The van der Waals surface area contributed by atoms with E-state index in [0.29, 0.717) is 5.65 Å². The third-order valence-corrected chi connectivity index (χ3v) is 2.92. The highest BCUT2D eigenvalue weighted by atomic mass is 16.2. The number of aromatic amines is 1. The van der Waals surface area contributed by atoms with Gasteiger partial charge in [0.15, 0.2) is 5.65 Å². The number of nitrogens with one attached hydrogen (secondary N) is 2. The third-order valence-electron chi connectivity index (χ3n) is 2.92. The first-order valence-corrected chi connectivity index (χ1v) is 5.75. The summed E-state index contributed by atoms with van der Waals surface area (Å²) in [6, 6.07) is 3.71. The van der Waals surface area contributed by atoms with Crippen LogP contribution in [0.2, 0.25) is 0 Å². The lowest BCUT2D eigenvalue weighted by atomic mass is 10.4. The fraction of sp³-hybridized carbons (Fsp3) is 0.500. The molecule has 7 heteroatoms. The van der Waals surface area contributed by atoms with E-state index in [1.807, 2.05) is 6.07 Å². The van der Waals surface area contributed by atoms with Gasteiger partial charge in [-0.3, -0.25) is 0 Å². The second-order valence-corrected chi connectivity index (χ2v) is 4.08. The molecule has 7 nitrogen and oxygen atoms in total. The summed E-state index contributed by atoms with van der Waals surface area (Å²) in [5, 5.41) is 13.9. The van der Waals surface area contributed by atoms with Crippen molar-refractivity contribution in [1.29, 1.82) is 0 Å². The van der Waals surface area contributed by atoms with Crippen LogP contribution in [0.25, 0.3) is 5.65 Å². The molecule has 1 saturated heterocycles. The Hall–Kier alpha value is -1.89. The second-order valence-electron chi connectivity index (χ2n) is 4.08. The topological polar surface area (TPSA) is 78.3 Å². The van der Waals surface area contributed by atoms with Crippen molar-refractivity contribution in [2.24, 2.45) is 0 Å². The molecule has 0 bridgehead atoms. The maximum absolute atomic E-state index is 11.4. The van der Waals surface area contributed by atoms with Crippen LogP contribution in [0.5, 0.6) is 0 Å². The molecule has 1 aliphatic heterocycles. The van der Waals surface area contributed by atoms with Crippen molar-refractivity contribution in [2.45, 2.75) is 6.42 Å². The first-order valence-electron chi connectivity index (χ1n) is 5.75. The van der Waals surface area contributed by atoms with Crippen LogP contribution in [0, 0.1) is 0 Å². The summed E-state index contributed by atoms with van der Waals surface area (Å²) in [4.78, 5) is 13.6. The summed E-state index contributed by atoms with van der Waals surface area (Å²) in [5.74, 6) is 0.824. The molecule has 2 N–H and O–H groups in total.